The molecule has 2 atom stereocenters. The van der Waals surface area contributed by atoms with Gasteiger partial charge in [-0.1, -0.05) is 19.8 Å². The van der Waals surface area contributed by atoms with Crippen LogP contribution < -0.4 is 5.32 Å². The standard InChI is InChI=1S/C17H32N2O/c1-2-18-17(14-20)8-5-15(13-17)19-11-9-16(10-12-19)6-3-4-7-16/h15,18,20H,2-14H2,1H3. The second-order valence-electron chi connectivity index (χ2n) is 7.61. The van der Waals surface area contributed by atoms with E-state index in [2.05, 4.69) is 17.1 Å². The van der Waals surface area contributed by atoms with Gasteiger partial charge in [-0.3, -0.25) is 0 Å². The first-order valence-electron chi connectivity index (χ1n) is 8.81. The Morgan fingerprint density at radius 2 is 1.80 bits per heavy atom. The number of likely N-dealkylation sites (N-methyl/N-ethyl adjacent to an activating group) is 1. The van der Waals surface area contributed by atoms with Crippen molar-refractivity contribution in [3.05, 3.63) is 0 Å². The van der Waals surface area contributed by atoms with E-state index in [0.717, 1.165) is 24.8 Å². The summed E-state index contributed by atoms with van der Waals surface area (Å²) in [7, 11) is 0. The lowest BCUT2D eigenvalue weighted by molar-refractivity contribution is 0.0708. The van der Waals surface area contributed by atoms with Crippen LogP contribution >= 0.6 is 0 Å². The number of nitrogens with zero attached hydrogens (tertiary/aromatic N) is 1. The molecule has 2 N–H and O–H groups in total. The summed E-state index contributed by atoms with van der Waals surface area (Å²) in [4.78, 5) is 2.73. The molecule has 3 heteroatoms. The van der Waals surface area contributed by atoms with Gasteiger partial charge >= 0.3 is 0 Å². The van der Waals surface area contributed by atoms with Crippen LogP contribution in [-0.4, -0.2) is 47.8 Å². The van der Waals surface area contributed by atoms with Crippen molar-refractivity contribution in [2.75, 3.05) is 26.2 Å². The summed E-state index contributed by atoms with van der Waals surface area (Å²) in [5.41, 5.74) is 0.743. The van der Waals surface area contributed by atoms with Crippen LogP contribution in [0.5, 0.6) is 0 Å². The Labute approximate surface area is 124 Å². The third-order valence-electron chi connectivity index (χ3n) is 6.48. The van der Waals surface area contributed by atoms with E-state index in [4.69, 9.17) is 0 Å². The Morgan fingerprint density at radius 3 is 2.40 bits per heavy atom. The van der Waals surface area contributed by atoms with Crippen molar-refractivity contribution in [3.8, 4) is 0 Å². The molecule has 1 heterocycles. The maximum atomic E-state index is 9.75. The summed E-state index contributed by atoms with van der Waals surface area (Å²) in [6.45, 7) is 6.03. The molecule has 116 valence electrons. The zero-order valence-corrected chi connectivity index (χ0v) is 13.2. The first-order chi connectivity index (χ1) is 9.71. The molecule has 1 spiro atoms. The van der Waals surface area contributed by atoms with Crippen LogP contribution in [0, 0.1) is 5.41 Å². The van der Waals surface area contributed by atoms with Gasteiger partial charge in [0.15, 0.2) is 0 Å². The van der Waals surface area contributed by atoms with Gasteiger partial charge in [-0.2, -0.15) is 0 Å². The van der Waals surface area contributed by atoms with Crippen molar-refractivity contribution < 1.29 is 5.11 Å². The summed E-state index contributed by atoms with van der Waals surface area (Å²) >= 11 is 0. The number of hydrogen-bond donors (Lipinski definition) is 2. The molecule has 3 rings (SSSR count). The largest absolute Gasteiger partial charge is 0.394 e. The Kier molecular flexibility index (Phi) is 4.40. The second kappa shape index (κ2) is 5.94. The molecule has 2 aliphatic carbocycles. The summed E-state index contributed by atoms with van der Waals surface area (Å²) in [6.07, 6.45) is 12.3. The van der Waals surface area contributed by atoms with Gasteiger partial charge in [-0.25, -0.2) is 0 Å². The van der Waals surface area contributed by atoms with Gasteiger partial charge in [-0.15, -0.1) is 0 Å². The van der Waals surface area contributed by atoms with Gasteiger partial charge in [0.2, 0.25) is 0 Å². The molecular formula is C17H32N2O. The lowest BCUT2D eigenvalue weighted by Gasteiger charge is -2.42. The highest BCUT2D eigenvalue weighted by atomic mass is 16.3. The van der Waals surface area contributed by atoms with Crippen LogP contribution in [0.25, 0.3) is 0 Å². The molecule has 1 saturated heterocycles. The number of rotatable bonds is 4. The topological polar surface area (TPSA) is 35.5 Å². The van der Waals surface area contributed by atoms with Crippen LogP contribution in [-0.2, 0) is 0 Å². The number of aliphatic hydroxyl groups is 1. The molecule has 20 heavy (non-hydrogen) atoms. The van der Waals surface area contributed by atoms with Gasteiger partial charge in [0.25, 0.3) is 0 Å². The Balaban J connectivity index is 1.54. The quantitative estimate of drug-likeness (QED) is 0.831. The van der Waals surface area contributed by atoms with E-state index >= 15 is 0 Å². The minimum Gasteiger partial charge on any atom is -0.394 e. The maximum Gasteiger partial charge on any atom is 0.0613 e. The van der Waals surface area contributed by atoms with E-state index in [-0.39, 0.29) is 5.54 Å². The average Bonchev–Trinajstić information content (AvgIpc) is 3.09. The first kappa shape index (κ1) is 14.8. The van der Waals surface area contributed by atoms with E-state index in [9.17, 15) is 5.11 Å². The van der Waals surface area contributed by atoms with Crippen LogP contribution in [0.4, 0.5) is 0 Å². The molecular weight excluding hydrogens is 248 g/mol. The fourth-order valence-corrected chi connectivity index (χ4v) is 5.13. The third kappa shape index (κ3) is 2.77. The van der Waals surface area contributed by atoms with Crippen molar-refractivity contribution in [2.24, 2.45) is 5.41 Å². The van der Waals surface area contributed by atoms with E-state index in [1.807, 2.05) is 0 Å². The highest BCUT2D eigenvalue weighted by Crippen LogP contribution is 2.47. The molecule has 0 aromatic heterocycles. The molecule has 1 aliphatic heterocycles. The molecule has 0 aromatic rings. The fourth-order valence-electron chi connectivity index (χ4n) is 5.13. The summed E-state index contributed by atoms with van der Waals surface area (Å²) in [5, 5.41) is 13.3. The van der Waals surface area contributed by atoms with Crippen molar-refractivity contribution >= 4 is 0 Å². The minimum atomic E-state index is 0.0158. The molecule has 0 radical (unpaired) electrons. The van der Waals surface area contributed by atoms with Crippen LogP contribution in [0.15, 0.2) is 0 Å². The predicted octanol–water partition coefficient (Wildman–Crippen LogP) is 2.54. The van der Waals surface area contributed by atoms with Crippen LogP contribution in [0.3, 0.4) is 0 Å². The number of nitrogens with one attached hydrogen (secondary N) is 1. The Hall–Kier alpha value is -0.120. The van der Waals surface area contributed by atoms with E-state index < -0.39 is 0 Å². The van der Waals surface area contributed by atoms with E-state index in [1.54, 1.807) is 0 Å². The Morgan fingerprint density at radius 1 is 1.10 bits per heavy atom. The van der Waals surface area contributed by atoms with E-state index in [1.165, 1.54) is 58.0 Å². The Bertz CT molecular complexity index is 317. The monoisotopic (exact) mass is 280 g/mol. The minimum absolute atomic E-state index is 0.0158. The molecule has 3 fully saturated rings. The zero-order valence-electron chi connectivity index (χ0n) is 13.2. The van der Waals surface area contributed by atoms with E-state index in [0.29, 0.717) is 12.6 Å². The first-order valence-corrected chi connectivity index (χ1v) is 8.81. The fraction of sp³-hybridized carbons (Fsp3) is 1.00. The lowest BCUT2D eigenvalue weighted by Crippen LogP contribution is -2.49. The van der Waals surface area contributed by atoms with Gasteiger partial charge in [0, 0.05) is 11.6 Å². The smallest absolute Gasteiger partial charge is 0.0613 e. The van der Waals surface area contributed by atoms with Gasteiger partial charge in [-0.05, 0) is 70.0 Å². The molecule has 3 nitrogen and oxygen atoms in total. The maximum absolute atomic E-state index is 9.75. The van der Waals surface area contributed by atoms with Crippen molar-refractivity contribution in [1.82, 2.24) is 10.2 Å². The number of piperidine rings is 1. The molecule has 2 saturated carbocycles. The zero-order chi connectivity index (χ0) is 14.1. The molecule has 0 amide bonds. The number of hydrogen-bond acceptors (Lipinski definition) is 3. The molecule has 0 bridgehead atoms. The van der Waals surface area contributed by atoms with Gasteiger partial charge < -0.3 is 15.3 Å². The molecule has 0 aromatic carbocycles. The summed E-state index contributed by atoms with van der Waals surface area (Å²) < 4.78 is 0. The summed E-state index contributed by atoms with van der Waals surface area (Å²) in [5.74, 6) is 0. The summed E-state index contributed by atoms with van der Waals surface area (Å²) in [6, 6.07) is 0.708. The average molecular weight is 280 g/mol. The lowest BCUT2D eigenvalue weighted by atomic mass is 9.76. The highest BCUT2D eigenvalue weighted by molar-refractivity contribution is 5.01. The van der Waals surface area contributed by atoms with Crippen LogP contribution in [0.1, 0.15) is 64.7 Å². The van der Waals surface area contributed by atoms with Crippen molar-refractivity contribution in [3.63, 3.8) is 0 Å². The SMILES string of the molecule is CCNC1(CO)CCC(N2CCC3(CCCC3)CC2)C1. The van der Waals surface area contributed by atoms with Crippen molar-refractivity contribution in [1.29, 1.82) is 0 Å². The molecule has 2 unspecified atom stereocenters. The van der Waals surface area contributed by atoms with Crippen LogP contribution in [0.2, 0.25) is 0 Å². The highest BCUT2D eigenvalue weighted by Gasteiger charge is 2.43. The molecule has 3 aliphatic rings. The van der Waals surface area contributed by atoms with Gasteiger partial charge in [0.1, 0.15) is 0 Å². The van der Waals surface area contributed by atoms with Crippen molar-refractivity contribution in [2.45, 2.75) is 76.3 Å². The normalized spacial score (nSPS) is 37.8. The second-order valence-corrected chi connectivity index (χ2v) is 7.61. The van der Waals surface area contributed by atoms with Gasteiger partial charge in [0.05, 0.1) is 6.61 Å². The number of aliphatic hydroxyl groups excluding tert-OH is 1. The third-order valence-corrected chi connectivity index (χ3v) is 6.48. The predicted molar refractivity (Wildman–Crippen MR) is 82.8 cm³/mol. The number of likely N-dealkylation sites (tertiary alicyclic amines) is 1.